The van der Waals surface area contributed by atoms with Crippen molar-refractivity contribution in [2.75, 3.05) is 11.9 Å². The lowest BCUT2D eigenvalue weighted by molar-refractivity contribution is 0.102. The zero-order chi connectivity index (χ0) is 14.9. The number of carbonyl (C=O) groups excluding carboxylic acids is 1. The molecule has 2 rings (SSSR count). The Balaban J connectivity index is 1.95. The summed E-state index contributed by atoms with van der Waals surface area (Å²) in [5, 5.41) is 11.3. The molecule has 0 aliphatic carbocycles. The molecule has 0 saturated carbocycles. The molecular weight excluding hydrogens is 264 g/mol. The monoisotopic (exact) mass is 280 g/mol. The van der Waals surface area contributed by atoms with Gasteiger partial charge < -0.3 is 10.1 Å². The second kappa shape index (κ2) is 7.71. The van der Waals surface area contributed by atoms with Crippen LogP contribution in [-0.2, 0) is 0 Å². The van der Waals surface area contributed by atoms with Crippen LogP contribution >= 0.6 is 0 Å². The van der Waals surface area contributed by atoms with Gasteiger partial charge in [0.1, 0.15) is 5.75 Å². The summed E-state index contributed by atoms with van der Waals surface area (Å²) >= 11 is 0. The first-order valence-corrected chi connectivity index (χ1v) is 6.76. The van der Waals surface area contributed by atoms with Crippen molar-refractivity contribution in [3.8, 4) is 11.8 Å². The first kappa shape index (κ1) is 14.6. The Kier molecular flexibility index (Phi) is 5.36. The number of nitrogens with zero attached hydrogens (tertiary/aromatic N) is 1. The molecule has 21 heavy (non-hydrogen) atoms. The lowest BCUT2D eigenvalue weighted by Gasteiger charge is -2.08. The molecule has 0 radical (unpaired) electrons. The van der Waals surface area contributed by atoms with Crippen LogP contribution in [0.5, 0.6) is 5.75 Å². The number of benzene rings is 2. The Labute approximate surface area is 124 Å². The topological polar surface area (TPSA) is 62.1 Å². The molecule has 0 heterocycles. The maximum Gasteiger partial charge on any atom is 0.255 e. The normalized spacial score (nSPS) is 9.67. The van der Waals surface area contributed by atoms with Crippen molar-refractivity contribution < 1.29 is 9.53 Å². The highest BCUT2D eigenvalue weighted by molar-refractivity contribution is 6.04. The molecule has 0 fully saturated rings. The minimum Gasteiger partial charge on any atom is -0.493 e. The maximum absolute atomic E-state index is 12.0. The number of anilines is 1. The highest BCUT2D eigenvalue weighted by atomic mass is 16.5. The Hall–Kier alpha value is -2.80. The molecule has 0 aromatic heterocycles. The van der Waals surface area contributed by atoms with Crippen LogP contribution in [0, 0.1) is 11.3 Å². The van der Waals surface area contributed by atoms with E-state index in [9.17, 15) is 4.79 Å². The molecule has 0 aliphatic heterocycles. The second-order valence-corrected chi connectivity index (χ2v) is 4.46. The van der Waals surface area contributed by atoms with E-state index in [2.05, 4.69) is 11.4 Å². The standard InChI is InChI=1S/C17H16N2O2/c18-11-4-5-12-21-16-10-6-9-15(13-16)19-17(20)14-7-2-1-3-8-14/h1-3,6-10,13H,4-5,12H2,(H,19,20). The highest BCUT2D eigenvalue weighted by Crippen LogP contribution is 2.18. The number of hydrogen-bond donors (Lipinski definition) is 1. The van der Waals surface area contributed by atoms with Crippen molar-refractivity contribution in [3.63, 3.8) is 0 Å². The molecule has 0 spiro atoms. The van der Waals surface area contributed by atoms with Gasteiger partial charge >= 0.3 is 0 Å². The molecule has 2 aromatic rings. The molecule has 0 bridgehead atoms. The SMILES string of the molecule is N#CCCCOc1cccc(NC(=O)c2ccccc2)c1. The number of nitrogens with one attached hydrogen (secondary N) is 1. The van der Waals surface area contributed by atoms with Crippen molar-refractivity contribution in [2.24, 2.45) is 0 Å². The van der Waals surface area contributed by atoms with Gasteiger partial charge in [0.05, 0.1) is 12.7 Å². The van der Waals surface area contributed by atoms with Gasteiger partial charge in [-0.1, -0.05) is 24.3 Å². The van der Waals surface area contributed by atoms with Crippen LogP contribution in [0.1, 0.15) is 23.2 Å². The minimum atomic E-state index is -0.155. The molecule has 1 amide bonds. The van der Waals surface area contributed by atoms with Gasteiger partial charge in [0.2, 0.25) is 0 Å². The van der Waals surface area contributed by atoms with Crippen LogP contribution in [0.15, 0.2) is 54.6 Å². The third-order valence-electron chi connectivity index (χ3n) is 2.83. The van der Waals surface area contributed by atoms with Gasteiger partial charge in [-0.25, -0.2) is 0 Å². The average Bonchev–Trinajstić information content (AvgIpc) is 2.53. The molecule has 106 valence electrons. The summed E-state index contributed by atoms with van der Waals surface area (Å²) in [6.45, 7) is 0.490. The molecular formula is C17H16N2O2. The lowest BCUT2D eigenvalue weighted by Crippen LogP contribution is -2.11. The van der Waals surface area contributed by atoms with Gasteiger partial charge in [-0.05, 0) is 30.7 Å². The number of ether oxygens (including phenoxy) is 1. The smallest absolute Gasteiger partial charge is 0.255 e. The summed E-state index contributed by atoms with van der Waals surface area (Å²) in [4.78, 5) is 12.0. The number of rotatable bonds is 6. The van der Waals surface area contributed by atoms with E-state index in [1.807, 2.05) is 36.4 Å². The Morgan fingerprint density at radius 2 is 1.95 bits per heavy atom. The van der Waals surface area contributed by atoms with Gasteiger partial charge in [-0.2, -0.15) is 5.26 Å². The zero-order valence-corrected chi connectivity index (χ0v) is 11.6. The van der Waals surface area contributed by atoms with Gasteiger partial charge in [0.25, 0.3) is 5.91 Å². The van der Waals surface area contributed by atoms with Crippen molar-refractivity contribution >= 4 is 11.6 Å². The Bertz CT molecular complexity index is 633. The van der Waals surface area contributed by atoms with E-state index in [-0.39, 0.29) is 5.91 Å². The first-order valence-electron chi connectivity index (χ1n) is 6.76. The summed E-state index contributed by atoms with van der Waals surface area (Å²) in [5.41, 5.74) is 1.29. The maximum atomic E-state index is 12.0. The largest absolute Gasteiger partial charge is 0.493 e. The van der Waals surface area contributed by atoms with E-state index in [1.165, 1.54) is 0 Å². The summed E-state index contributed by atoms with van der Waals surface area (Å²) in [5.74, 6) is 0.524. The molecule has 0 saturated heterocycles. The Morgan fingerprint density at radius 3 is 2.71 bits per heavy atom. The number of carbonyl (C=O) groups is 1. The molecule has 4 nitrogen and oxygen atoms in total. The van der Waals surface area contributed by atoms with Crippen LogP contribution in [-0.4, -0.2) is 12.5 Å². The van der Waals surface area contributed by atoms with Crippen LogP contribution in [0.2, 0.25) is 0 Å². The molecule has 4 heteroatoms. The van der Waals surface area contributed by atoms with Gasteiger partial charge in [-0.3, -0.25) is 4.79 Å². The van der Waals surface area contributed by atoms with Crippen LogP contribution in [0.4, 0.5) is 5.69 Å². The molecule has 0 atom stereocenters. The third-order valence-corrected chi connectivity index (χ3v) is 2.83. The van der Waals surface area contributed by atoms with Crippen molar-refractivity contribution in [2.45, 2.75) is 12.8 Å². The predicted molar refractivity (Wildman–Crippen MR) is 81.2 cm³/mol. The van der Waals surface area contributed by atoms with E-state index >= 15 is 0 Å². The summed E-state index contributed by atoms with van der Waals surface area (Å²) in [6.07, 6.45) is 1.17. The minimum absolute atomic E-state index is 0.155. The molecule has 2 aromatic carbocycles. The number of hydrogen-bond acceptors (Lipinski definition) is 3. The zero-order valence-electron chi connectivity index (χ0n) is 11.6. The van der Waals surface area contributed by atoms with Gasteiger partial charge in [-0.15, -0.1) is 0 Å². The average molecular weight is 280 g/mol. The fourth-order valence-corrected chi connectivity index (χ4v) is 1.80. The predicted octanol–water partition coefficient (Wildman–Crippen LogP) is 3.62. The van der Waals surface area contributed by atoms with Crippen molar-refractivity contribution in [1.29, 1.82) is 5.26 Å². The number of unbranched alkanes of at least 4 members (excludes halogenated alkanes) is 1. The fraction of sp³-hybridized carbons (Fsp3) is 0.176. The van der Waals surface area contributed by atoms with Crippen LogP contribution in [0.3, 0.4) is 0 Å². The quantitative estimate of drug-likeness (QED) is 0.822. The summed E-state index contributed by atoms with van der Waals surface area (Å²) < 4.78 is 5.53. The van der Waals surface area contributed by atoms with E-state index in [1.54, 1.807) is 18.2 Å². The van der Waals surface area contributed by atoms with E-state index < -0.39 is 0 Å². The fourth-order valence-electron chi connectivity index (χ4n) is 1.80. The molecule has 0 aliphatic rings. The number of amides is 1. The molecule has 0 unspecified atom stereocenters. The summed E-state index contributed by atoms with van der Waals surface area (Å²) in [7, 11) is 0. The van der Waals surface area contributed by atoms with E-state index in [4.69, 9.17) is 10.00 Å². The van der Waals surface area contributed by atoms with Crippen molar-refractivity contribution in [3.05, 3.63) is 60.2 Å². The van der Waals surface area contributed by atoms with E-state index in [0.717, 1.165) is 0 Å². The third kappa shape index (κ3) is 4.66. The van der Waals surface area contributed by atoms with Crippen LogP contribution < -0.4 is 10.1 Å². The second-order valence-electron chi connectivity index (χ2n) is 4.46. The van der Waals surface area contributed by atoms with E-state index in [0.29, 0.717) is 36.4 Å². The van der Waals surface area contributed by atoms with Gasteiger partial charge in [0, 0.05) is 23.7 Å². The number of nitriles is 1. The van der Waals surface area contributed by atoms with Gasteiger partial charge in [0.15, 0.2) is 0 Å². The molecule has 1 N–H and O–H groups in total. The first-order chi connectivity index (χ1) is 10.3. The highest BCUT2D eigenvalue weighted by Gasteiger charge is 2.05. The van der Waals surface area contributed by atoms with Crippen LogP contribution in [0.25, 0.3) is 0 Å². The Morgan fingerprint density at radius 1 is 1.14 bits per heavy atom. The lowest BCUT2D eigenvalue weighted by atomic mass is 10.2. The summed E-state index contributed by atoms with van der Waals surface area (Å²) in [6, 6.07) is 18.3. The van der Waals surface area contributed by atoms with Crippen molar-refractivity contribution in [1.82, 2.24) is 0 Å².